The molecule has 0 radical (unpaired) electrons. The van der Waals surface area contributed by atoms with Crippen molar-refractivity contribution in [3.63, 3.8) is 0 Å². The molecule has 1 aliphatic rings. The van der Waals surface area contributed by atoms with E-state index < -0.39 is 0 Å². The summed E-state index contributed by atoms with van der Waals surface area (Å²) in [7, 11) is 5.21. The molecule has 1 aromatic carbocycles. The van der Waals surface area contributed by atoms with Gasteiger partial charge in [-0.1, -0.05) is 15.9 Å². The third-order valence-corrected chi connectivity index (χ3v) is 3.78. The molecule has 1 saturated heterocycles. The van der Waals surface area contributed by atoms with Gasteiger partial charge < -0.3 is 14.4 Å². The molecule has 5 heteroatoms. The van der Waals surface area contributed by atoms with Crippen molar-refractivity contribution in [2.45, 2.75) is 6.42 Å². The lowest BCUT2D eigenvalue weighted by molar-refractivity contribution is -0.117. The topological polar surface area (TPSA) is 38.8 Å². The average Bonchev–Trinajstić information content (AvgIpc) is 2.42. The van der Waals surface area contributed by atoms with E-state index in [2.05, 4.69) is 20.8 Å². The van der Waals surface area contributed by atoms with Crippen LogP contribution in [0.3, 0.4) is 0 Å². The molecule has 0 aromatic heterocycles. The van der Waals surface area contributed by atoms with Gasteiger partial charge in [-0.25, -0.2) is 0 Å². The summed E-state index contributed by atoms with van der Waals surface area (Å²) in [5.41, 5.74) is 1.65. The molecule has 0 bridgehead atoms. The molecule has 0 N–H and O–H groups in total. The Labute approximate surface area is 127 Å². The summed E-state index contributed by atoms with van der Waals surface area (Å²) >= 11 is 3.45. The molecule has 0 spiro atoms. The molecule has 0 saturated carbocycles. The minimum absolute atomic E-state index is 0.198. The quantitative estimate of drug-likeness (QED) is 0.794. The molecular weight excluding hydrogens is 322 g/mol. The number of nitrogens with zero attached hydrogens (tertiary/aromatic N) is 1. The predicted molar refractivity (Wildman–Crippen MR) is 82.3 cm³/mol. The Bertz CT molecular complexity index is 554. The number of rotatable bonds is 3. The zero-order valence-electron chi connectivity index (χ0n) is 11.9. The van der Waals surface area contributed by atoms with E-state index in [1.54, 1.807) is 14.2 Å². The Hall–Kier alpha value is -1.33. The monoisotopic (exact) mass is 339 g/mol. The minimum Gasteiger partial charge on any atom is -0.493 e. The Kier molecular flexibility index (Phi) is 4.83. The van der Waals surface area contributed by atoms with Gasteiger partial charge in [-0.2, -0.15) is 0 Å². The zero-order chi connectivity index (χ0) is 14.7. The fourth-order valence-corrected chi connectivity index (χ4v) is 2.75. The first-order valence-electron chi connectivity index (χ1n) is 6.39. The molecular formula is C15H18BrNO3. The van der Waals surface area contributed by atoms with Crippen LogP contribution in [0.2, 0.25) is 0 Å². The second-order valence-corrected chi connectivity index (χ2v) is 5.73. The van der Waals surface area contributed by atoms with E-state index in [9.17, 15) is 4.79 Å². The molecule has 4 nitrogen and oxygen atoms in total. The van der Waals surface area contributed by atoms with E-state index in [-0.39, 0.29) is 5.78 Å². The first-order valence-corrected chi connectivity index (χ1v) is 7.18. The van der Waals surface area contributed by atoms with E-state index in [1.165, 1.54) is 0 Å². The lowest BCUT2D eigenvalue weighted by Crippen LogP contribution is -2.32. The number of benzene rings is 1. The highest BCUT2D eigenvalue weighted by atomic mass is 79.9. The van der Waals surface area contributed by atoms with Gasteiger partial charge in [0.05, 0.1) is 14.2 Å². The first kappa shape index (κ1) is 15.1. The minimum atomic E-state index is 0.198. The van der Waals surface area contributed by atoms with Crippen LogP contribution >= 0.6 is 15.9 Å². The van der Waals surface area contributed by atoms with Crippen LogP contribution in [-0.2, 0) is 4.79 Å². The fraction of sp³-hybridized carbons (Fsp3) is 0.400. The molecule has 1 fully saturated rings. The highest BCUT2D eigenvalue weighted by Gasteiger charge is 2.20. The van der Waals surface area contributed by atoms with Crippen LogP contribution in [0.25, 0.3) is 6.08 Å². The molecule has 0 aliphatic carbocycles. The van der Waals surface area contributed by atoms with Gasteiger partial charge in [0.25, 0.3) is 0 Å². The molecule has 0 amide bonds. The van der Waals surface area contributed by atoms with E-state index in [1.807, 2.05) is 25.3 Å². The van der Waals surface area contributed by atoms with Crippen LogP contribution in [0.1, 0.15) is 12.0 Å². The maximum absolute atomic E-state index is 12.0. The lowest BCUT2D eigenvalue weighted by Gasteiger charge is -2.23. The predicted octanol–water partition coefficient (Wildman–Crippen LogP) is 2.75. The smallest absolute Gasteiger partial charge is 0.168 e. The Morgan fingerprint density at radius 3 is 2.70 bits per heavy atom. The number of ether oxygens (including phenoxy) is 2. The molecule has 0 atom stereocenters. The van der Waals surface area contributed by atoms with Crippen LogP contribution in [0.15, 0.2) is 22.2 Å². The van der Waals surface area contributed by atoms with Crippen molar-refractivity contribution in [2.75, 3.05) is 34.4 Å². The summed E-state index contributed by atoms with van der Waals surface area (Å²) in [5, 5.41) is 0. The van der Waals surface area contributed by atoms with Crippen molar-refractivity contribution < 1.29 is 14.3 Å². The number of halogens is 1. The maximum Gasteiger partial charge on any atom is 0.168 e. The third kappa shape index (κ3) is 3.22. The van der Waals surface area contributed by atoms with E-state index in [0.29, 0.717) is 24.5 Å². The van der Waals surface area contributed by atoms with Crippen molar-refractivity contribution >= 4 is 27.8 Å². The van der Waals surface area contributed by atoms with Gasteiger partial charge >= 0.3 is 0 Å². The first-order chi connectivity index (χ1) is 9.55. The van der Waals surface area contributed by atoms with Crippen molar-refractivity contribution in [1.29, 1.82) is 0 Å². The van der Waals surface area contributed by atoms with Crippen LogP contribution in [-0.4, -0.2) is 45.0 Å². The molecule has 0 unspecified atom stereocenters. The molecule has 1 heterocycles. The highest BCUT2D eigenvalue weighted by Crippen LogP contribution is 2.36. The summed E-state index contributed by atoms with van der Waals surface area (Å²) in [6.07, 6.45) is 2.46. The summed E-state index contributed by atoms with van der Waals surface area (Å²) in [6.45, 7) is 1.48. The lowest BCUT2D eigenvalue weighted by atomic mass is 10.0. The van der Waals surface area contributed by atoms with Crippen LogP contribution in [0.5, 0.6) is 11.5 Å². The summed E-state index contributed by atoms with van der Waals surface area (Å²) in [4.78, 5) is 14.1. The van der Waals surface area contributed by atoms with Crippen molar-refractivity contribution in [1.82, 2.24) is 4.90 Å². The van der Waals surface area contributed by atoms with Crippen LogP contribution in [0.4, 0.5) is 0 Å². The third-order valence-electron chi connectivity index (χ3n) is 3.32. The van der Waals surface area contributed by atoms with Gasteiger partial charge in [0.2, 0.25) is 0 Å². The number of hydrogen-bond donors (Lipinski definition) is 0. The Balaban J connectivity index is 2.46. The molecule has 1 aromatic rings. The number of methoxy groups -OCH3 is 2. The number of carbonyl (C=O) groups is 1. The molecule has 2 rings (SSSR count). The molecule has 20 heavy (non-hydrogen) atoms. The summed E-state index contributed by atoms with van der Waals surface area (Å²) < 4.78 is 11.6. The SMILES string of the molecule is COc1cc(Br)cc(/C=C2\CN(C)CCC2=O)c1OC. The second-order valence-electron chi connectivity index (χ2n) is 4.81. The standard InChI is InChI=1S/C15H18BrNO3/c1-17-5-4-13(18)11(9-17)6-10-7-12(16)8-14(19-2)15(10)20-3/h6-8H,4-5,9H2,1-3H3/b11-6+. The number of hydrogen-bond acceptors (Lipinski definition) is 4. The van der Waals surface area contributed by atoms with Gasteiger partial charge in [0, 0.05) is 35.1 Å². The van der Waals surface area contributed by atoms with Crippen molar-refractivity contribution in [3.05, 3.63) is 27.7 Å². The number of likely N-dealkylation sites (N-methyl/N-ethyl adjacent to an activating group) is 1. The largest absolute Gasteiger partial charge is 0.493 e. The van der Waals surface area contributed by atoms with Gasteiger partial charge in [-0.05, 0) is 25.3 Å². The van der Waals surface area contributed by atoms with Crippen molar-refractivity contribution in [3.8, 4) is 11.5 Å². The van der Waals surface area contributed by atoms with E-state index in [4.69, 9.17) is 9.47 Å². The average molecular weight is 340 g/mol. The van der Waals surface area contributed by atoms with Crippen LogP contribution < -0.4 is 9.47 Å². The second kappa shape index (κ2) is 6.41. The van der Waals surface area contributed by atoms with Crippen LogP contribution in [0, 0.1) is 0 Å². The van der Waals surface area contributed by atoms with E-state index >= 15 is 0 Å². The molecule has 1 aliphatic heterocycles. The fourth-order valence-electron chi connectivity index (χ4n) is 2.29. The number of piperidine rings is 1. The number of ketones is 1. The summed E-state index contributed by atoms with van der Waals surface area (Å²) in [6, 6.07) is 3.77. The van der Waals surface area contributed by atoms with Gasteiger partial charge in [0.15, 0.2) is 17.3 Å². The van der Waals surface area contributed by atoms with Gasteiger partial charge in [-0.3, -0.25) is 4.79 Å². The molecule has 108 valence electrons. The number of likely N-dealkylation sites (tertiary alicyclic amines) is 1. The number of carbonyl (C=O) groups excluding carboxylic acids is 1. The highest BCUT2D eigenvalue weighted by molar-refractivity contribution is 9.10. The number of Topliss-reactive ketones (excluding diaryl/α,β-unsaturated/α-hetero) is 1. The Morgan fingerprint density at radius 1 is 1.30 bits per heavy atom. The zero-order valence-corrected chi connectivity index (χ0v) is 13.5. The normalized spacial score (nSPS) is 18.4. The maximum atomic E-state index is 12.0. The van der Waals surface area contributed by atoms with Gasteiger partial charge in [-0.15, -0.1) is 0 Å². The summed E-state index contributed by atoms with van der Waals surface area (Å²) in [5.74, 6) is 1.48. The van der Waals surface area contributed by atoms with Gasteiger partial charge in [0.1, 0.15) is 0 Å². The Morgan fingerprint density at radius 2 is 2.05 bits per heavy atom. The van der Waals surface area contributed by atoms with Crippen molar-refractivity contribution in [2.24, 2.45) is 0 Å². The van der Waals surface area contributed by atoms with E-state index in [0.717, 1.165) is 22.2 Å².